The van der Waals surface area contributed by atoms with Crippen LogP contribution in [0.1, 0.15) is 30.1 Å². The fraction of sp³-hybridized carbons (Fsp3) is 0.500. The van der Waals surface area contributed by atoms with Gasteiger partial charge in [0.1, 0.15) is 0 Å². The fourth-order valence-electron chi connectivity index (χ4n) is 2.27. The molecule has 0 aromatic heterocycles. The highest BCUT2D eigenvalue weighted by Crippen LogP contribution is 2.17. The molecule has 4 nitrogen and oxygen atoms in total. The Balaban J connectivity index is 2.02. The number of carbonyl (C=O) groups excluding carboxylic acids is 1. The quantitative estimate of drug-likeness (QED) is 0.857. The monoisotopic (exact) mass is 248 g/mol. The fourth-order valence-corrected chi connectivity index (χ4v) is 2.27. The summed E-state index contributed by atoms with van der Waals surface area (Å²) in [7, 11) is 1.82. The van der Waals surface area contributed by atoms with Crippen molar-refractivity contribution in [2.24, 2.45) is 0 Å². The SMILES string of the molecule is CNc1ccccc1C(=O)NC(C)C1CCCO1. The summed E-state index contributed by atoms with van der Waals surface area (Å²) in [6.45, 7) is 2.80. The van der Waals surface area contributed by atoms with Crippen LogP contribution in [0, 0.1) is 0 Å². The molecule has 1 aromatic carbocycles. The summed E-state index contributed by atoms with van der Waals surface area (Å²) in [6, 6.07) is 7.54. The van der Waals surface area contributed by atoms with Crippen molar-refractivity contribution >= 4 is 11.6 Å². The molecular formula is C14H20N2O2. The van der Waals surface area contributed by atoms with Crippen molar-refractivity contribution < 1.29 is 9.53 Å². The van der Waals surface area contributed by atoms with Gasteiger partial charge < -0.3 is 15.4 Å². The van der Waals surface area contributed by atoms with Gasteiger partial charge in [0, 0.05) is 19.3 Å². The van der Waals surface area contributed by atoms with Gasteiger partial charge in [-0.25, -0.2) is 0 Å². The molecule has 0 aliphatic carbocycles. The highest BCUT2D eigenvalue weighted by atomic mass is 16.5. The van der Waals surface area contributed by atoms with E-state index >= 15 is 0 Å². The number of nitrogens with one attached hydrogen (secondary N) is 2. The summed E-state index contributed by atoms with van der Waals surface area (Å²) in [5, 5.41) is 6.04. The van der Waals surface area contributed by atoms with Crippen molar-refractivity contribution in [3.63, 3.8) is 0 Å². The molecule has 0 bridgehead atoms. The van der Waals surface area contributed by atoms with Gasteiger partial charge in [0.05, 0.1) is 17.7 Å². The first kappa shape index (κ1) is 12.9. The molecular weight excluding hydrogens is 228 g/mol. The van der Waals surface area contributed by atoms with E-state index in [4.69, 9.17) is 4.74 Å². The average Bonchev–Trinajstić information content (AvgIpc) is 2.92. The Morgan fingerprint density at radius 2 is 2.22 bits per heavy atom. The van der Waals surface area contributed by atoms with Crippen LogP contribution in [0.5, 0.6) is 0 Å². The number of ether oxygens (including phenoxy) is 1. The molecule has 98 valence electrons. The summed E-state index contributed by atoms with van der Waals surface area (Å²) >= 11 is 0. The number of benzene rings is 1. The third-order valence-electron chi connectivity index (χ3n) is 3.32. The molecule has 2 N–H and O–H groups in total. The van der Waals surface area contributed by atoms with Crippen molar-refractivity contribution in [3.05, 3.63) is 29.8 Å². The first-order valence-electron chi connectivity index (χ1n) is 6.41. The maximum absolute atomic E-state index is 12.2. The zero-order valence-electron chi connectivity index (χ0n) is 10.9. The molecule has 0 radical (unpaired) electrons. The molecule has 1 saturated heterocycles. The van der Waals surface area contributed by atoms with Crippen molar-refractivity contribution in [2.45, 2.75) is 31.9 Å². The first-order chi connectivity index (χ1) is 8.72. The van der Waals surface area contributed by atoms with Gasteiger partial charge in [0.15, 0.2) is 0 Å². The Morgan fingerprint density at radius 3 is 2.89 bits per heavy atom. The highest BCUT2D eigenvalue weighted by molar-refractivity contribution is 5.99. The third-order valence-corrected chi connectivity index (χ3v) is 3.32. The van der Waals surface area contributed by atoms with Gasteiger partial charge >= 0.3 is 0 Å². The zero-order chi connectivity index (χ0) is 13.0. The van der Waals surface area contributed by atoms with Gasteiger partial charge in [-0.05, 0) is 31.9 Å². The molecule has 0 saturated carbocycles. The average molecular weight is 248 g/mol. The van der Waals surface area contributed by atoms with Crippen molar-refractivity contribution in [3.8, 4) is 0 Å². The number of para-hydroxylation sites is 1. The molecule has 1 amide bonds. The Morgan fingerprint density at radius 1 is 1.44 bits per heavy atom. The van der Waals surface area contributed by atoms with E-state index in [0.717, 1.165) is 25.1 Å². The number of amides is 1. The zero-order valence-corrected chi connectivity index (χ0v) is 10.9. The molecule has 1 fully saturated rings. The summed E-state index contributed by atoms with van der Waals surface area (Å²) in [5.74, 6) is -0.0528. The van der Waals surface area contributed by atoms with E-state index in [9.17, 15) is 4.79 Å². The van der Waals surface area contributed by atoms with Gasteiger partial charge in [-0.2, -0.15) is 0 Å². The Labute approximate surface area is 108 Å². The second-order valence-corrected chi connectivity index (χ2v) is 4.61. The van der Waals surface area contributed by atoms with Crippen LogP contribution < -0.4 is 10.6 Å². The summed E-state index contributed by atoms with van der Waals surface area (Å²) in [5.41, 5.74) is 1.51. The lowest BCUT2D eigenvalue weighted by Crippen LogP contribution is -2.41. The molecule has 1 aromatic rings. The molecule has 2 atom stereocenters. The van der Waals surface area contributed by atoms with E-state index in [2.05, 4.69) is 10.6 Å². The Hall–Kier alpha value is -1.55. The van der Waals surface area contributed by atoms with Gasteiger partial charge in [0.2, 0.25) is 0 Å². The van der Waals surface area contributed by atoms with Crippen LogP contribution in [-0.4, -0.2) is 31.7 Å². The molecule has 0 spiro atoms. The van der Waals surface area contributed by atoms with Gasteiger partial charge in [-0.3, -0.25) is 4.79 Å². The van der Waals surface area contributed by atoms with Gasteiger partial charge in [-0.1, -0.05) is 12.1 Å². The first-order valence-corrected chi connectivity index (χ1v) is 6.41. The predicted molar refractivity (Wildman–Crippen MR) is 71.9 cm³/mol. The van der Waals surface area contributed by atoms with Crippen molar-refractivity contribution in [2.75, 3.05) is 19.0 Å². The minimum atomic E-state index is -0.0528. The van der Waals surface area contributed by atoms with Crippen LogP contribution in [0.4, 0.5) is 5.69 Å². The van der Waals surface area contributed by atoms with E-state index in [1.807, 2.05) is 38.2 Å². The molecule has 18 heavy (non-hydrogen) atoms. The Bertz CT molecular complexity index is 414. The molecule has 1 aliphatic heterocycles. The second kappa shape index (κ2) is 5.87. The van der Waals surface area contributed by atoms with E-state index in [1.54, 1.807) is 0 Å². The highest BCUT2D eigenvalue weighted by Gasteiger charge is 2.24. The summed E-state index contributed by atoms with van der Waals surface area (Å²) in [4.78, 5) is 12.2. The van der Waals surface area contributed by atoms with Gasteiger partial charge in [-0.15, -0.1) is 0 Å². The Kier molecular flexibility index (Phi) is 4.20. The summed E-state index contributed by atoms with van der Waals surface area (Å²) in [6.07, 6.45) is 2.25. The molecule has 4 heteroatoms. The topological polar surface area (TPSA) is 50.4 Å². The predicted octanol–water partition coefficient (Wildman–Crippen LogP) is 2.03. The van der Waals surface area contributed by atoms with Crippen LogP contribution in [0.2, 0.25) is 0 Å². The van der Waals surface area contributed by atoms with Gasteiger partial charge in [0.25, 0.3) is 5.91 Å². The lowest BCUT2D eigenvalue weighted by atomic mass is 10.1. The normalized spacial score (nSPS) is 20.4. The van der Waals surface area contributed by atoms with Crippen LogP contribution in [0.25, 0.3) is 0 Å². The number of hydrogen-bond acceptors (Lipinski definition) is 3. The van der Waals surface area contributed by atoms with Crippen LogP contribution >= 0.6 is 0 Å². The lowest BCUT2D eigenvalue weighted by Gasteiger charge is -2.20. The molecule has 2 rings (SSSR count). The number of rotatable bonds is 4. The van der Waals surface area contributed by atoms with E-state index < -0.39 is 0 Å². The third kappa shape index (κ3) is 2.82. The van der Waals surface area contributed by atoms with Crippen LogP contribution in [0.3, 0.4) is 0 Å². The molecule has 1 heterocycles. The molecule has 1 aliphatic rings. The van der Waals surface area contributed by atoms with Crippen molar-refractivity contribution in [1.29, 1.82) is 0 Å². The standard InChI is InChI=1S/C14H20N2O2/c1-10(13-8-5-9-18-13)16-14(17)11-6-3-4-7-12(11)15-2/h3-4,6-7,10,13,15H,5,8-9H2,1-2H3,(H,16,17). The van der Waals surface area contributed by atoms with Crippen LogP contribution in [0.15, 0.2) is 24.3 Å². The largest absolute Gasteiger partial charge is 0.387 e. The summed E-state index contributed by atoms with van der Waals surface area (Å²) < 4.78 is 5.58. The number of carbonyl (C=O) groups is 1. The number of anilines is 1. The van der Waals surface area contributed by atoms with Crippen molar-refractivity contribution in [1.82, 2.24) is 5.32 Å². The number of hydrogen-bond donors (Lipinski definition) is 2. The van der Waals surface area contributed by atoms with E-state index in [1.165, 1.54) is 0 Å². The maximum atomic E-state index is 12.2. The molecule has 2 unspecified atom stereocenters. The van der Waals surface area contributed by atoms with E-state index in [0.29, 0.717) is 5.56 Å². The minimum Gasteiger partial charge on any atom is -0.387 e. The van der Waals surface area contributed by atoms with Crippen LogP contribution in [-0.2, 0) is 4.74 Å². The second-order valence-electron chi connectivity index (χ2n) is 4.61. The maximum Gasteiger partial charge on any atom is 0.253 e. The lowest BCUT2D eigenvalue weighted by molar-refractivity contribution is 0.0713. The smallest absolute Gasteiger partial charge is 0.253 e. The minimum absolute atomic E-state index is 0.0462. The van der Waals surface area contributed by atoms with E-state index in [-0.39, 0.29) is 18.1 Å².